The van der Waals surface area contributed by atoms with Crippen LogP contribution < -0.4 is 0 Å². The number of fused-ring (bicyclic) bond motifs is 2. The number of rotatable bonds is 13. The molecule has 7 aromatic carbocycles. The SMILES string of the molecule is CCCCCCCc1ccc(-c2ccc3c4ccc(-c5ccc(CCCCCC)cc5)c5cccc(c6cccc2c63)c54)cc1. The molecule has 0 aliphatic carbocycles. The van der Waals surface area contributed by atoms with Gasteiger partial charge in [0, 0.05) is 0 Å². The van der Waals surface area contributed by atoms with Gasteiger partial charge in [-0.05, 0) is 102 Å². The van der Waals surface area contributed by atoms with E-state index in [9.17, 15) is 0 Å². The highest BCUT2D eigenvalue weighted by molar-refractivity contribution is 6.35. The molecule has 0 nitrogen and oxygen atoms in total. The molecule has 0 unspecified atom stereocenters. The number of hydrogen-bond donors (Lipinski definition) is 0. The molecular formula is C45H46. The Bertz CT molecular complexity index is 2000. The third kappa shape index (κ3) is 5.84. The lowest BCUT2D eigenvalue weighted by Crippen LogP contribution is -1.91. The van der Waals surface area contributed by atoms with E-state index in [0.29, 0.717) is 0 Å². The third-order valence-electron chi connectivity index (χ3n) is 10.1. The van der Waals surface area contributed by atoms with Crippen LogP contribution in [0.1, 0.15) is 82.8 Å². The van der Waals surface area contributed by atoms with Gasteiger partial charge in [-0.25, -0.2) is 0 Å². The van der Waals surface area contributed by atoms with Crippen molar-refractivity contribution >= 4 is 43.1 Å². The molecule has 0 fully saturated rings. The summed E-state index contributed by atoms with van der Waals surface area (Å²) in [4.78, 5) is 0. The van der Waals surface area contributed by atoms with Gasteiger partial charge < -0.3 is 0 Å². The summed E-state index contributed by atoms with van der Waals surface area (Å²) >= 11 is 0. The van der Waals surface area contributed by atoms with Gasteiger partial charge in [-0.1, -0.05) is 168 Å². The van der Waals surface area contributed by atoms with Gasteiger partial charge in [0.15, 0.2) is 0 Å². The van der Waals surface area contributed by atoms with E-state index in [-0.39, 0.29) is 0 Å². The highest BCUT2D eigenvalue weighted by Gasteiger charge is 2.17. The minimum Gasteiger partial charge on any atom is -0.0654 e. The van der Waals surface area contributed by atoms with Gasteiger partial charge in [-0.15, -0.1) is 0 Å². The van der Waals surface area contributed by atoms with Crippen molar-refractivity contribution in [3.63, 3.8) is 0 Å². The van der Waals surface area contributed by atoms with Crippen LogP contribution in [-0.4, -0.2) is 0 Å². The van der Waals surface area contributed by atoms with E-state index < -0.39 is 0 Å². The smallest absolute Gasteiger partial charge is 0.00201 e. The lowest BCUT2D eigenvalue weighted by atomic mass is 9.85. The van der Waals surface area contributed by atoms with Gasteiger partial charge in [0.05, 0.1) is 0 Å². The average Bonchev–Trinajstić information content (AvgIpc) is 3.09. The summed E-state index contributed by atoms with van der Waals surface area (Å²) < 4.78 is 0. The summed E-state index contributed by atoms with van der Waals surface area (Å²) in [6.07, 6.45) is 14.2. The fraction of sp³-hybridized carbons (Fsp3) is 0.289. The highest BCUT2D eigenvalue weighted by Crippen LogP contribution is 2.45. The Morgan fingerprint density at radius 1 is 0.333 bits per heavy atom. The van der Waals surface area contributed by atoms with Crippen LogP contribution in [0.3, 0.4) is 0 Å². The maximum Gasteiger partial charge on any atom is -0.00201 e. The molecule has 0 heteroatoms. The van der Waals surface area contributed by atoms with Gasteiger partial charge in [-0.2, -0.15) is 0 Å². The molecule has 0 saturated heterocycles. The first kappa shape index (κ1) is 29.5. The summed E-state index contributed by atoms with van der Waals surface area (Å²) in [7, 11) is 0. The molecule has 0 N–H and O–H groups in total. The van der Waals surface area contributed by atoms with Crippen molar-refractivity contribution < 1.29 is 0 Å². The largest absolute Gasteiger partial charge is 0.0654 e. The van der Waals surface area contributed by atoms with Gasteiger partial charge in [0.2, 0.25) is 0 Å². The molecule has 45 heavy (non-hydrogen) atoms. The molecule has 226 valence electrons. The van der Waals surface area contributed by atoms with Gasteiger partial charge in [0.25, 0.3) is 0 Å². The molecule has 0 atom stereocenters. The predicted molar refractivity (Wildman–Crippen MR) is 199 cm³/mol. The second-order valence-corrected chi connectivity index (χ2v) is 13.1. The van der Waals surface area contributed by atoms with Crippen LogP contribution >= 0.6 is 0 Å². The molecular weight excluding hydrogens is 540 g/mol. The quantitative estimate of drug-likeness (QED) is 0.0716. The molecule has 7 aromatic rings. The summed E-state index contributed by atoms with van der Waals surface area (Å²) in [5.74, 6) is 0. The zero-order chi connectivity index (χ0) is 30.6. The topological polar surface area (TPSA) is 0 Å². The molecule has 0 spiro atoms. The number of hydrogen-bond acceptors (Lipinski definition) is 0. The first-order chi connectivity index (χ1) is 22.3. The summed E-state index contributed by atoms with van der Waals surface area (Å²) in [6, 6.07) is 42.0. The lowest BCUT2D eigenvalue weighted by molar-refractivity contribution is 0.632. The van der Waals surface area contributed by atoms with Crippen LogP contribution in [0.4, 0.5) is 0 Å². The normalized spacial score (nSPS) is 11.9. The van der Waals surface area contributed by atoms with Crippen molar-refractivity contribution in [2.75, 3.05) is 0 Å². The van der Waals surface area contributed by atoms with Crippen LogP contribution in [0.2, 0.25) is 0 Å². The zero-order valence-electron chi connectivity index (χ0n) is 27.2. The molecule has 0 amide bonds. The molecule has 0 radical (unpaired) electrons. The Hall–Kier alpha value is -4.16. The predicted octanol–water partition coefficient (Wildman–Crippen LogP) is 13.7. The van der Waals surface area contributed by atoms with Crippen molar-refractivity contribution in [3.05, 3.63) is 120 Å². The van der Waals surface area contributed by atoms with Crippen molar-refractivity contribution in [1.29, 1.82) is 0 Å². The molecule has 0 aromatic heterocycles. The second-order valence-electron chi connectivity index (χ2n) is 13.1. The molecule has 0 heterocycles. The van der Waals surface area contributed by atoms with E-state index in [0.717, 1.165) is 0 Å². The fourth-order valence-corrected chi connectivity index (χ4v) is 7.61. The standard InChI is InChI=1S/C45H46/c1-3-5-7-9-11-15-33-22-26-35(27-23-33)37-29-31-43-42-30-28-36(34-24-20-32(21-25-34)14-10-8-6-4-2)38-16-12-18-40(44(38)42)41-19-13-17-39(37)45(41)43/h12-13,16-31H,3-11,14-15H2,1-2H3. The van der Waals surface area contributed by atoms with Gasteiger partial charge in [0.1, 0.15) is 0 Å². The number of benzene rings is 7. The van der Waals surface area contributed by atoms with E-state index in [1.54, 1.807) is 0 Å². The van der Waals surface area contributed by atoms with Crippen molar-refractivity contribution in [2.45, 2.75) is 84.5 Å². The van der Waals surface area contributed by atoms with Crippen LogP contribution in [-0.2, 0) is 12.8 Å². The van der Waals surface area contributed by atoms with Crippen LogP contribution in [0.15, 0.2) is 109 Å². The molecule has 7 rings (SSSR count). The average molecular weight is 587 g/mol. The highest BCUT2D eigenvalue weighted by atomic mass is 14.2. The minimum atomic E-state index is 1.18. The first-order valence-corrected chi connectivity index (χ1v) is 17.6. The van der Waals surface area contributed by atoms with E-state index in [4.69, 9.17) is 0 Å². The minimum absolute atomic E-state index is 1.18. The van der Waals surface area contributed by atoms with E-state index in [2.05, 4.69) is 123 Å². The maximum atomic E-state index is 2.38. The van der Waals surface area contributed by atoms with E-state index in [1.807, 2.05) is 0 Å². The van der Waals surface area contributed by atoms with E-state index >= 15 is 0 Å². The van der Waals surface area contributed by atoms with Gasteiger partial charge >= 0.3 is 0 Å². The molecule has 0 aliphatic heterocycles. The number of aryl methyl sites for hydroxylation is 2. The number of unbranched alkanes of at least 4 members (excludes halogenated alkanes) is 7. The third-order valence-corrected chi connectivity index (χ3v) is 10.1. The second kappa shape index (κ2) is 13.5. The van der Waals surface area contributed by atoms with Crippen LogP contribution in [0, 0.1) is 0 Å². The Labute approximate surface area is 269 Å². The summed E-state index contributed by atoms with van der Waals surface area (Å²) in [6.45, 7) is 4.56. The Morgan fingerprint density at radius 2 is 0.711 bits per heavy atom. The Balaban J connectivity index is 1.26. The van der Waals surface area contributed by atoms with Gasteiger partial charge in [-0.3, -0.25) is 0 Å². The first-order valence-electron chi connectivity index (χ1n) is 17.6. The van der Waals surface area contributed by atoms with Crippen LogP contribution in [0.25, 0.3) is 65.3 Å². The molecule has 0 saturated carbocycles. The zero-order valence-corrected chi connectivity index (χ0v) is 27.2. The van der Waals surface area contributed by atoms with E-state index in [1.165, 1.54) is 147 Å². The molecule has 0 bridgehead atoms. The monoisotopic (exact) mass is 586 g/mol. The molecule has 0 aliphatic rings. The Morgan fingerprint density at radius 3 is 1.16 bits per heavy atom. The Kier molecular flexibility index (Phi) is 8.83. The summed E-state index contributed by atoms with van der Waals surface area (Å²) in [5, 5.41) is 10.9. The van der Waals surface area contributed by atoms with Crippen LogP contribution in [0.5, 0.6) is 0 Å². The fourth-order valence-electron chi connectivity index (χ4n) is 7.61. The van der Waals surface area contributed by atoms with Crippen molar-refractivity contribution in [1.82, 2.24) is 0 Å². The summed E-state index contributed by atoms with van der Waals surface area (Å²) in [5.41, 5.74) is 8.17. The lowest BCUT2D eigenvalue weighted by Gasteiger charge is -2.18. The van der Waals surface area contributed by atoms with Crippen molar-refractivity contribution in [3.8, 4) is 22.3 Å². The maximum absolute atomic E-state index is 2.38. The van der Waals surface area contributed by atoms with Crippen molar-refractivity contribution in [2.24, 2.45) is 0 Å².